The molecule has 0 aliphatic rings. The lowest BCUT2D eigenvalue weighted by Crippen LogP contribution is -2.18. The van der Waals surface area contributed by atoms with Gasteiger partial charge in [0.05, 0.1) is 6.04 Å². The van der Waals surface area contributed by atoms with Crippen molar-refractivity contribution in [3.05, 3.63) is 18.2 Å². The van der Waals surface area contributed by atoms with Crippen LogP contribution in [0.15, 0.2) is 16.8 Å². The van der Waals surface area contributed by atoms with Gasteiger partial charge < -0.3 is 10.3 Å². The average molecular weight is 235 g/mol. The smallest absolute Gasteiger partial charge is 0.244 e. The summed E-state index contributed by atoms with van der Waals surface area (Å²) in [7, 11) is 1.84. The second-order valence-electron chi connectivity index (χ2n) is 4.24. The minimum atomic E-state index is -0.218. The molecule has 0 aromatic carbocycles. The van der Waals surface area contributed by atoms with E-state index in [2.05, 4.69) is 29.1 Å². The van der Waals surface area contributed by atoms with Gasteiger partial charge in [0, 0.05) is 13.2 Å². The van der Waals surface area contributed by atoms with Crippen molar-refractivity contribution >= 4 is 0 Å². The highest BCUT2D eigenvalue weighted by Gasteiger charge is 2.21. The van der Waals surface area contributed by atoms with Gasteiger partial charge in [0.25, 0.3) is 0 Å². The Labute approximate surface area is 99.8 Å². The fourth-order valence-electron chi connectivity index (χ4n) is 1.51. The van der Waals surface area contributed by atoms with E-state index >= 15 is 0 Å². The molecule has 92 valence electrons. The summed E-state index contributed by atoms with van der Waals surface area (Å²) in [5, 5.41) is 8.11. The Morgan fingerprint density at radius 2 is 2.29 bits per heavy atom. The molecule has 0 saturated carbocycles. The zero-order valence-electron chi connectivity index (χ0n) is 10.3. The number of aryl methyl sites for hydroxylation is 1. The van der Waals surface area contributed by atoms with Gasteiger partial charge in [0.2, 0.25) is 11.7 Å². The van der Waals surface area contributed by atoms with Gasteiger partial charge in [-0.3, -0.25) is 4.68 Å². The van der Waals surface area contributed by atoms with Gasteiger partial charge in [0.1, 0.15) is 5.69 Å². The van der Waals surface area contributed by atoms with Crippen LogP contribution in [0.4, 0.5) is 0 Å². The van der Waals surface area contributed by atoms with E-state index in [0.29, 0.717) is 23.3 Å². The van der Waals surface area contributed by atoms with Gasteiger partial charge in [-0.2, -0.15) is 10.1 Å². The highest BCUT2D eigenvalue weighted by Crippen LogP contribution is 2.22. The van der Waals surface area contributed by atoms with Crippen LogP contribution in [0.2, 0.25) is 0 Å². The molecule has 0 aliphatic heterocycles. The Morgan fingerprint density at radius 1 is 1.53 bits per heavy atom. The van der Waals surface area contributed by atoms with Crippen LogP contribution in [0, 0.1) is 5.92 Å². The van der Waals surface area contributed by atoms with Crippen molar-refractivity contribution < 1.29 is 4.52 Å². The molecule has 0 unspecified atom stereocenters. The van der Waals surface area contributed by atoms with Gasteiger partial charge in [0.15, 0.2) is 0 Å². The minimum absolute atomic E-state index is 0.218. The number of nitrogens with zero attached hydrogens (tertiary/aromatic N) is 4. The van der Waals surface area contributed by atoms with E-state index in [4.69, 9.17) is 10.3 Å². The molecule has 6 heteroatoms. The van der Waals surface area contributed by atoms with Gasteiger partial charge in [-0.25, -0.2) is 0 Å². The highest BCUT2D eigenvalue weighted by atomic mass is 16.5. The predicted octanol–water partition coefficient (Wildman–Crippen LogP) is 1.52. The maximum absolute atomic E-state index is 6.02. The lowest BCUT2D eigenvalue weighted by atomic mass is 10.0. The van der Waals surface area contributed by atoms with Crippen molar-refractivity contribution in [3.63, 3.8) is 0 Å². The molecular weight excluding hydrogens is 218 g/mol. The predicted molar refractivity (Wildman–Crippen MR) is 62.9 cm³/mol. The Morgan fingerprint density at radius 3 is 2.88 bits per heavy atom. The summed E-state index contributed by atoms with van der Waals surface area (Å²) in [6.45, 7) is 4.15. The monoisotopic (exact) mass is 235 g/mol. The zero-order chi connectivity index (χ0) is 12.4. The number of hydrogen-bond acceptors (Lipinski definition) is 5. The summed E-state index contributed by atoms with van der Waals surface area (Å²) >= 11 is 0. The standard InChI is InChI=1S/C11H17N5O/c1-4-7(2)9(12)11-13-10(15-17-11)8-5-6-16(3)14-8/h5-7,9H,4,12H2,1-3H3/t7-,9-/m0/s1. The Bertz CT molecular complexity index is 490. The molecule has 0 saturated heterocycles. The number of aromatic nitrogens is 4. The van der Waals surface area contributed by atoms with Crippen LogP contribution in [0.1, 0.15) is 32.2 Å². The molecule has 2 N–H and O–H groups in total. The quantitative estimate of drug-likeness (QED) is 0.868. The van der Waals surface area contributed by atoms with Crippen LogP contribution in [-0.2, 0) is 7.05 Å². The molecule has 17 heavy (non-hydrogen) atoms. The first-order chi connectivity index (χ1) is 8.11. The van der Waals surface area contributed by atoms with Crippen molar-refractivity contribution in [2.24, 2.45) is 18.7 Å². The second-order valence-corrected chi connectivity index (χ2v) is 4.24. The summed E-state index contributed by atoms with van der Waals surface area (Å²) < 4.78 is 6.87. The molecule has 6 nitrogen and oxygen atoms in total. The number of hydrogen-bond donors (Lipinski definition) is 1. The normalized spacial score (nSPS) is 14.8. The SMILES string of the molecule is CC[C@H](C)[C@H](N)c1nc(-c2ccn(C)n2)no1. The molecule has 0 spiro atoms. The van der Waals surface area contributed by atoms with Crippen molar-refractivity contribution in [1.29, 1.82) is 0 Å². The first kappa shape index (κ1) is 11.8. The Hall–Kier alpha value is -1.69. The van der Waals surface area contributed by atoms with Gasteiger partial charge in [-0.1, -0.05) is 25.4 Å². The second kappa shape index (κ2) is 4.67. The fourth-order valence-corrected chi connectivity index (χ4v) is 1.51. The first-order valence-corrected chi connectivity index (χ1v) is 5.71. The van der Waals surface area contributed by atoms with E-state index in [0.717, 1.165) is 6.42 Å². The molecule has 0 bridgehead atoms. The highest BCUT2D eigenvalue weighted by molar-refractivity contribution is 5.46. The third-order valence-electron chi connectivity index (χ3n) is 2.93. The third-order valence-corrected chi connectivity index (χ3v) is 2.93. The van der Waals surface area contributed by atoms with Gasteiger partial charge in [-0.05, 0) is 12.0 Å². The first-order valence-electron chi connectivity index (χ1n) is 5.71. The third kappa shape index (κ3) is 2.36. The van der Waals surface area contributed by atoms with E-state index in [1.165, 1.54) is 0 Å². The van der Waals surface area contributed by atoms with Crippen molar-refractivity contribution in [1.82, 2.24) is 19.9 Å². The summed E-state index contributed by atoms with van der Waals surface area (Å²) in [5.41, 5.74) is 6.72. The molecule has 0 fully saturated rings. The molecule has 2 aromatic rings. The number of nitrogens with two attached hydrogens (primary N) is 1. The van der Waals surface area contributed by atoms with Gasteiger partial charge in [-0.15, -0.1) is 0 Å². The van der Waals surface area contributed by atoms with Crippen molar-refractivity contribution in [3.8, 4) is 11.5 Å². The molecule has 2 aromatic heterocycles. The van der Waals surface area contributed by atoms with E-state index in [9.17, 15) is 0 Å². The summed E-state index contributed by atoms with van der Waals surface area (Å²) in [4.78, 5) is 4.28. The van der Waals surface area contributed by atoms with E-state index in [1.54, 1.807) is 4.68 Å². The van der Waals surface area contributed by atoms with Crippen LogP contribution in [0.3, 0.4) is 0 Å². The lowest BCUT2D eigenvalue weighted by molar-refractivity contribution is 0.312. The van der Waals surface area contributed by atoms with Crippen LogP contribution in [-0.4, -0.2) is 19.9 Å². The minimum Gasteiger partial charge on any atom is -0.337 e. The van der Waals surface area contributed by atoms with Crippen LogP contribution in [0.25, 0.3) is 11.5 Å². The molecule has 2 heterocycles. The van der Waals surface area contributed by atoms with E-state index in [1.807, 2.05) is 19.3 Å². The average Bonchev–Trinajstić information content (AvgIpc) is 2.95. The largest absolute Gasteiger partial charge is 0.337 e. The fraction of sp³-hybridized carbons (Fsp3) is 0.545. The molecule has 0 amide bonds. The maximum Gasteiger partial charge on any atom is 0.244 e. The molecule has 0 aliphatic carbocycles. The molecule has 0 radical (unpaired) electrons. The van der Waals surface area contributed by atoms with Crippen LogP contribution < -0.4 is 5.73 Å². The Balaban J connectivity index is 2.21. The zero-order valence-corrected chi connectivity index (χ0v) is 10.3. The summed E-state index contributed by atoms with van der Waals surface area (Å²) in [5.74, 6) is 1.27. The lowest BCUT2D eigenvalue weighted by Gasteiger charge is -2.12. The van der Waals surface area contributed by atoms with E-state index in [-0.39, 0.29) is 6.04 Å². The van der Waals surface area contributed by atoms with Crippen LogP contribution >= 0.6 is 0 Å². The van der Waals surface area contributed by atoms with Crippen LogP contribution in [0.5, 0.6) is 0 Å². The van der Waals surface area contributed by atoms with Crippen molar-refractivity contribution in [2.75, 3.05) is 0 Å². The van der Waals surface area contributed by atoms with Crippen molar-refractivity contribution in [2.45, 2.75) is 26.3 Å². The topological polar surface area (TPSA) is 82.8 Å². The molecule has 2 atom stereocenters. The van der Waals surface area contributed by atoms with Gasteiger partial charge >= 0.3 is 0 Å². The molecular formula is C11H17N5O. The molecule has 2 rings (SSSR count). The Kier molecular flexibility index (Phi) is 3.23. The number of rotatable bonds is 4. The summed E-state index contributed by atoms with van der Waals surface area (Å²) in [6.07, 6.45) is 2.81. The maximum atomic E-state index is 6.02. The summed E-state index contributed by atoms with van der Waals surface area (Å²) in [6, 6.07) is 1.62. The van der Waals surface area contributed by atoms with E-state index < -0.39 is 0 Å².